The quantitative estimate of drug-likeness (QED) is 0.930. The summed E-state index contributed by atoms with van der Waals surface area (Å²) < 4.78 is 8.29. The summed E-state index contributed by atoms with van der Waals surface area (Å²) in [6.45, 7) is 3.82. The van der Waals surface area contributed by atoms with Crippen molar-refractivity contribution in [2.24, 2.45) is 5.92 Å². The topological polar surface area (TPSA) is 75.2 Å². The molecular weight excluding hydrogens is 300 g/mol. The number of aromatic nitrogens is 2. The second-order valence-corrected chi connectivity index (χ2v) is 6.02. The number of amides is 2. The van der Waals surface area contributed by atoms with Crippen LogP contribution >= 0.6 is 11.7 Å². The van der Waals surface area contributed by atoms with Crippen molar-refractivity contribution >= 4 is 34.6 Å². The van der Waals surface area contributed by atoms with Gasteiger partial charge in [0.1, 0.15) is 11.0 Å². The summed E-state index contributed by atoms with van der Waals surface area (Å²) in [6, 6.07) is 5.36. The molecule has 2 amide bonds. The van der Waals surface area contributed by atoms with Gasteiger partial charge in [0.15, 0.2) is 0 Å². The molecule has 1 atom stereocenters. The third-order valence-corrected chi connectivity index (χ3v) is 4.45. The molecule has 0 aliphatic carbocycles. The molecule has 1 fully saturated rings. The summed E-state index contributed by atoms with van der Waals surface area (Å²) in [5.74, 6) is -0.0860. The van der Waals surface area contributed by atoms with E-state index in [0.717, 1.165) is 35.6 Å². The molecule has 1 saturated heterocycles. The van der Waals surface area contributed by atoms with Crippen molar-refractivity contribution < 1.29 is 9.59 Å². The number of likely N-dealkylation sites (tertiary alicyclic amines) is 1. The fourth-order valence-corrected chi connectivity index (χ4v) is 3.17. The first-order valence-corrected chi connectivity index (χ1v) is 8.21. The van der Waals surface area contributed by atoms with Gasteiger partial charge in [-0.2, -0.15) is 8.75 Å². The molecule has 7 heteroatoms. The van der Waals surface area contributed by atoms with E-state index >= 15 is 0 Å². The van der Waals surface area contributed by atoms with Gasteiger partial charge >= 0.3 is 0 Å². The summed E-state index contributed by atoms with van der Waals surface area (Å²) in [7, 11) is 0. The van der Waals surface area contributed by atoms with Crippen LogP contribution in [0.4, 0.5) is 0 Å². The monoisotopic (exact) mass is 318 g/mol. The van der Waals surface area contributed by atoms with Crippen LogP contribution in [0.25, 0.3) is 11.0 Å². The summed E-state index contributed by atoms with van der Waals surface area (Å²) in [4.78, 5) is 26.3. The standard InChI is InChI=1S/C15H18N4O2S/c1-2-6-16-14(20)11-5-7-19(9-11)15(21)10-3-4-12-13(8-10)18-22-17-12/h3-4,8,11H,2,5-7,9H2,1H3,(H,16,20)/t11-/m0/s1. The number of hydrogen-bond donors (Lipinski definition) is 1. The van der Waals surface area contributed by atoms with Crippen LogP contribution < -0.4 is 5.32 Å². The van der Waals surface area contributed by atoms with E-state index < -0.39 is 0 Å². The second-order valence-electron chi connectivity index (χ2n) is 5.50. The minimum Gasteiger partial charge on any atom is -0.356 e. The molecule has 0 unspecified atom stereocenters. The van der Waals surface area contributed by atoms with E-state index in [0.29, 0.717) is 25.2 Å². The number of nitrogens with one attached hydrogen (secondary N) is 1. The van der Waals surface area contributed by atoms with Gasteiger partial charge < -0.3 is 10.2 Å². The molecule has 1 aliphatic heterocycles. The average molecular weight is 318 g/mol. The predicted molar refractivity (Wildman–Crippen MR) is 84.7 cm³/mol. The highest BCUT2D eigenvalue weighted by molar-refractivity contribution is 7.00. The highest BCUT2D eigenvalue weighted by Gasteiger charge is 2.31. The lowest BCUT2D eigenvalue weighted by Crippen LogP contribution is -2.34. The SMILES string of the molecule is CCCNC(=O)[C@H]1CCN(C(=O)c2ccc3nsnc3c2)C1. The molecule has 0 bridgehead atoms. The normalized spacial score (nSPS) is 17.9. The van der Waals surface area contributed by atoms with E-state index in [1.54, 1.807) is 17.0 Å². The van der Waals surface area contributed by atoms with Crippen LogP contribution in [0.3, 0.4) is 0 Å². The third kappa shape index (κ3) is 2.94. The van der Waals surface area contributed by atoms with Crippen molar-refractivity contribution in [2.45, 2.75) is 19.8 Å². The van der Waals surface area contributed by atoms with E-state index in [4.69, 9.17) is 0 Å². The molecular formula is C15H18N4O2S. The first-order valence-electron chi connectivity index (χ1n) is 7.48. The molecule has 1 aromatic heterocycles. The third-order valence-electron chi connectivity index (χ3n) is 3.90. The largest absolute Gasteiger partial charge is 0.356 e. The van der Waals surface area contributed by atoms with Gasteiger partial charge in [0, 0.05) is 25.2 Å². The van der Waals surface area contributed by atoms with Crippen LogP contribution in [0.2, 0.25) is 0 Å². The van der Waals surface area contributed by atoms with Gasteiger partial charge in [0.05, 0.1) is 17.6 Å². The minimum absolute atomic E-state index is 0.0410. The van der Waals surface area contributed by atoms with Gasteiger partial charge in [-0.1, -0.05) is 6.92 Å². The number of benzene rings is 1. The highest BCUT2D eigenvalue weighted by Crippen LogP contribution is 2.21. The molecule has 1 N–H and O–H groups in total. The Bertz CT molecular complexity index is 700. The Labute approximate surface area is 132 Å². The number of fused-ring (bicyclic) bond motifs is 1. The van der Waals surface area contributed by atoms with E-state index in [1.807, 2.05) is 13.0 Å². The van der Waals surface area contributed by atoms with Crippen molar-refractivity contribution in [2.75, 3.05) is 19.6 Å². The van der Waals surface area contributed by atoms with E-state index in [-0.39, 0.29) is 17.7 Å². The number of carbonyl (C=O) groups is 2. The van der Waals surface area contributed by atoms with E-state index in [9.17, 15) is 9.59 Å². The van der Waals surface area contributed by atoms with E-state index in [1.165, 1.54) is 0 Å². The Hall–Kier alpha value is -2.02. The lowest BCUT2D eigenvalue weighted by molar-refractivity contribution is -0.124. The van der Waals surface area contributed by atoms with E-state index in [2.05, 4.69) is 14.1 Å². The van der Waals surface area contributed by atoms with Crippen LogP contribution in [0.15, 0.2) is 18.2 Å². The zero-order valence-electron chi connectivity index (χ0n) is 12.4. The highest BCUT2D eigenvalue weighted by atomic mass is 32.1. The van der Waals surface area contributed by atoms with Gasteiger partial charge in [-0.15, -0.1) is 0 Å². The number of hydrogen-bond acceptors (Lipinski definition) is 5. The average Bonchev–Trinajstić information content (AvgIpc) is 3.19. The molecule has 6 nitrogen and oxygen atoms in total. The molecule has 0 saturated carbocycles. The summed E-state index contributed by atoms with van der Waals surface area (Å²) in [6.07, 6.45) is 1.64. The molecule has 1 aromatic carbocycles. The molecule has 2 heterocycles. The lowest BCUT2D eigenvalue weighted by atomic mass is 10.1. The first-order chi connectivity index (χ1) is 10.7. The van der Waals surface area contributed by atoms with Gasteiger partial charge in [-0.3, -0.25) is 9.59 Å². The van der Waals surface area contributed by atoms with Gasteiger partial charge in [0.2, 0.25) is 5.91 Å². The summed E-state index contributed by atoms with van der Waals surface area (Å²) in [5.41, 5.74) is 2.15. The number of rotatable bonds is 4. The van der Waals surface area contributed by atoms with Gasteiger partial charge in [-0.05, 0) is 31.0 Å². The zero-order valence-corrected chi connectivity index (χ0v) is 13.2. The maximum Gasteiger partial charge on any atom is 0.253 e. The fourth-order valence-electron chi connectivity index (χ4n) is 2.65. The fraction of sp³-hybridized carbons (Fsp3) is 0.467. The number of nitrogens with zero attached hydrogens (tertiary/aromatic N) is 3. The molecule has 22 heavy (non-hydrogen) atoms. The molecule has 1 aliphatic rings. The number of carbonyl (C=O) groups excluding carboxylic acids is 2. The Morgan fingerprint density at radius 3 is 3.00 bits per heavy atom. The Kier molecular flexibility index (Phi) is 4.33. The van der Waals surface area contributed by atoms with Crippen molar-refractivity contribution in [3.05, 3.63) is 23.8 Å². The van der Waals surface area contributed by atoms with Gasteiger partial charge in [0.25, 0.3) is 5.91 Å². The summed E-state index contributed by atoms with van der Waals surface area (Å²) in [5, 5.41) is 2.90. The van der Waals surface area contributed by atoms with Crippen LogP contribution in [0.1, 0.15) is 30.1 Å². The smallest absolute Gasteiger partial charge is 0.253 e. The molecule has 2 aromatic rings. The van der Waals surface area contributed by atoms with Crippen LogP contribution in [-0.2, 0) is 4.79 Å². The first kappa shape index (κ1) is 14.9. The maximum absolute atomic E-state index is 12.5. The van der Waals surface area contributed by atoms with Crippen molar-refractivity contribution in [1.82, 2.24) is 19.0 Å². The Morgan fingerprint density at radius 2 is 2.18 bits per heavy atom. The maximum atomic E-state index is 12.5. The molecule has 3 rings (SSSR count). The Morgan fingerprint density at radius 1 is 1.36 bits per heavy atom. The second kappa shape index (κ2) is 6.39. The van der Waals surface area contributed by atoms with Crippen molar-refractivity contribution in [1.29, 1.82) is 0 Å². The molecule has 0 spiro atoms. The summed E-state index contributed by atoms with van der Waals surface area (Å²) >= 11 is 1.14. The zero-order chi connectivity index (χ0) is 15.5. The minimum atomic E-state index is -0.0971. The lowest BCUT2D eigenvalue weighted by Gasteiger charge is -2.16. The predicted octanol–water partition coefficient (Wildman–Crippen LogP) is 1.68. The van der Waals surface area contributed by atoms with Crippen molar-refractivity contribution in [3.8, 4) is 0 Å². The van der Waals surface area contributed by atoms with Gasteiger partial charge in [-0.25, -0.2) is 0 Å². The van der Waals surface area contributed by atoms with Crippen LogP contribution in [0.5, 0.6) is 0 Å². The Balaban J connectivity index is 1.67. The van der Waals surface area contributed by atoms with Crippen molar-refractivity contribution in [3.63, 3.8) is 0 Å². The van der Waals surface area contributed by atoms with Crippen LogP contribution in [0, 0.1) is 5.92 Å². The molecule has 0 radical (unpaired) electrons. The molecule has 116 valence electrons. The van der Waals surface area contributed by atoms with Crippen LogP contribution in [-0.4, -0.2) is 45.1 Å².